The van der Waals surface area contributed by atoms with E-state index in [-0.39, 0.29) is 16.9 Å². The van der Waals surface area contributed by atoms with E-state index in [1.54, 1.807) is 23.1 Å². The summed E-state index contributed by atoms with van der Waals surface area (Å²) in [5.41, 5.74) is 2.26. The van der Waals surface area contributed by atoms with Gasteiger partial charge in [-0.05, 0) is 43.4 Å². The molecular formula is C20H23FN4O. The van der Waals surface area contributed by atoms with Crippen LogP contribution in [0.25, 0.3) is 0 Å². The number of amides is 1. The summed E-state index contributed by atoms with van der Waals surface area (Å²) in [6.07, 6.45) is 5.73. The van der Waals surface area contributed by atoms with Gasteiger partial charge in [0.15, 0.2) is 0 Å². The van der Waals surface area contributed by atoms with Gasteiger partial charge < -0.3 is 9.80 Å². The lowest BCUT2D eigenvalue weighted by Gasteiger charge is -2.40. The second kappa shape index (κ2) is 6.34. The molecule has 1 amide bonds. The van der Waals surface area contributed by atoms with E-state index in [2.05, 4.69) is 4.98 Å². The van der Waals surface area contributed by atoms with Gasteiger partial charge in [0, 0.05) is 38.8 Å². The Bertz CT molecular complexity index is 849. The monoisotopic (exact) mass is 354 g/mol. The van der Waals surface area contributed by atoms with Gasteiger partial charge in [-0.25, -0.2) is 14.4 Å². The van der Waals surface area contributed by atoms with Crippen LogP contribution in [0.2, 0.25) is 0 Å². The first-order valence-corrected chi connectivity index (χ1v) is 9.08. The van der Waals surface area contributed by atoms with Crippen LogP contribution in [0.1, 0.15) is 40.9 Å². The first kappa shape index (κ1) is 16.9. The third kappa shape index (κ3) is 2.73. The van der Waals surface area contributed by atoms with Gasteiger partial charge in [-0.3, -0.25) is 4.79 Å². The Balaban J connectivity index is 1.65. The Labute approximate surface area is 152 Å². The maximum absolute atomic E-state index is 14.1. The summed E-state index contributed by atoms with van der Waals surface area (Å²) in [4.78, 5) is 25.8. The molecule has 1 aliphatic heterocycles. The van der Waals surface area contributed by atoms with Crippen molar-refractivity contribution in [3.63, 3.8) is 0 Å². The van der Waals surface area contributed by atoms with Crippen LogP contribution in [0.5, 0.6) is 0 Å². The van der Waals surface area contributed by atoms with E-state index >= 15 is 0 Å². The van der Waals surface area contributed by atoms with Gasteiger partial charge >= 0.3 is 0 Å². The topological polar surface area (TPSA) is 49.3 Å². The van der Waals surface area contributed by atoms with Crippen LogP contribution in [0.4, 0.5) is 10.3 Å². The van der Waals surface area contributed by atoms with Crippen molar-refractivity contribution in [2.24, 2.45) is 0 Å². The fourth-order valence-electron chi connectivity index (χ4n) is 4.25. The molecule has 2 aromatic rings. The van der Waals surface area contributed by atoms with Crippen molar-refractivity contribution < 1.29 is 9.18 Å². The average Bonchev–Trinajstić information content (AvgIpc) is 2.99. The lowest BCUT2D eigenvalue weighted by atomic mass is 9.77. The fourth-order valence-corrected chi connectivity index (χ4v) is 4.25. The molecule has 1 aromatic heterocycles. The number of piperidine rings is 1. The summed E-state index contributed by atoms with van der Waals surface area (Å²) in [5.74, 6) is 0.0151. The zero-order valence-corrected chi connectivity index (χ0v) is 15.2. The number of aromatic nitrogens is 2. The van der Waals surface area contributed by atoms with E-state index in [1.165, 1.54) is 11.6 Å². The van der Waals surface area contributed by atoms with E-state index in [4.69, 9.17) is 4.98 Å². The normalized spacial score (nSPS) is 21.7. The molecule has 0 bridgehead atoms. The first-order valence-electron chi connectivity index (χ1n) is 9.08. The van der Waals surface area contributed by atoms with Crippen molar-refractivity contribution >= 4 is 11.9 Å². The molecule has 5 nitrogen and oxygen atoms in total. The van der Waals surface area contributed by atoms with Gasteiger partial charge in [0.2, 0.25) is 5.95 Å². The van der Waals surface area contributed by atoms with E-state index in [1.807, 2.05) is 25.2 Å². The van der Waals surface area contributed by atoms with Gasteiger partial charge in [0.1, 0.15) is 5.82 Å². The summed E-state index contributed by atoms with van der Waals surface area (Å²) in [5, 5.41) is 0. The Morgan fingerprint density at radius 2 is 2.08 bits per heavy atom. The van der Waals surface area contributed by atoms with Gasteiger partial charge in [0.25, 0.3) is 5.91 Å². The van der Waals surface area contributed by atoms with Crippen molar-refractivity contribution in [2.75, 3.05) is 32.1 Å². The van der Waals surface area contributed by atoms with E-state index < -0.39 is 5.82 Å². The van der Waals surface area contributed by atoms with Crippen molar-refractivity contribution in [2.45, 2.75) is 31.1 Å². The minimum absolute atomic E-state index is 0.137. The molecule has 26 heavy (non-hydrogen) atoms. The second-order valence-corrected chi connectivity index (χ2v) is 7.53. The number of hydrogen-bond donors (Lipinski definition) is 0. The van der Waals surface area contributed by atoms with Crippen molar-refractivity contribution in [3.8, 4) is 0 Å². The minimum Gasteiger partial charge on any atom is -0.347 e. The number of carbonyl (C=O) groups excluding carboxylic acids is 1. The van der Waals surface area contributed by atoms with Crippen LogP contribution in [-0.2, 0) is 11.8 Å². The molecule has 0 radical (unpaired) electrons. The number of benzene rings is 1. The van der Waals surface area contributed by atoms with Crippen LogP contribution < -0.4 is 4.90 Å². The predicted molar refractivity (Wildman–Crippen MR) is 97.9 cm³/mol. The zero-order valence-electron chi connectivity index (χ0n) is 15.2. The van der Waals surface area contributed by atoms with Gasteiger partial charge in [0.05, 0.1) is 11.3 Å². The molecule has 1 fully saturated rings. The highest BCUT2D eigenvalue weighted by molar-refractivity contribution is 5.94. The first-order chi connectivity index (χ1) is 12.5. The molecule has 2 heterocycles. The molecule has 1 atom stereocenters. The highest BCUT2D eigenvalue weighted by Gasteiger charge is 2.45. The van der Waals surface area contributed by atoms with Crippen LogP contribution in [0.3, 0.4) is 0 Å². The summed E-state index contributed by atoms with van der Waals surface area (Å²) in [6.45, 7) is 1.26. The highest BCUT2D eigenvalue weighted by atomic mass is 19.1. The summed E-state index contributed by atoms with van der Waals surface area (Å²) < 4.78 is 14.1. The smallest absolute Gasteiger partial charge is 0.256 e. The third-order valence-corrected chi connectivity index (χ3v) is 5.60. The predicted octanol–water partition coefficient (Wildman–Crippen LogP) is 2.80. The lowest BCUT2D eigenvalue weighted by molar-refractivity contribution is 0.0629. The number of halogens is 1. The van der Waals surface area contributed by atoms with Gasteiger partial charge in [-0.2, -0.15) is 0 Å². The molecule has 1 spiro atoms. The largest absolute Gasteiger partial charge is 0.347 e. The van der Waals surface area contributed by atoms with Crippen molar-refractivity contribution in [1.82, 2.24) is 14.9 Å². The molecule has 1 unspecified atom stereocenters. The lowest BCUT2D eigenvalue weighted by Crippen LogP contribution is -2.48. The molecule has 1 saturated heterocycles. The Morgan fingerprint density at radius 3 is 2.85 bits per heavy atom. The van der Waals surface area contributed by atoms with Crippen molar-refractivity contribution in [3.05, 3.63) is 53.1 Å². The number of likely N-dealkylation sites (tertiary alicyclic amines) is 1. The van der Waals surface area contributed by atoms with Crippen LogP contribution in [0, 0.1) is 5.82 Å². The molecule has 1 aliphatic carbocycles. The number of nitrogens with zero attached hydrogens (tertiary/aromatic N) is 4. The van der Waals surface area contributed by atoms with Crippen LogP contribution >= 0.6 is 0 Å². The average molecular weight is 354 g/mol. The van der Waals surface area contributed by atoms with Crippen molar-refractivity contribution in [1.29, 1.82) is 0 Å². The molecule has 1 aromatic carbocycles. The number of fused-ring (bicyclic) bond motifs is 2. The number of carbonyl (C=O) groups is 1. The highest BCUT2D eigenvalue weighted by Crippen LogP contribution is 2.44. The molecule has 2 aliphatic rings. The number of aryl methyl sites for hydroxylation is 1. The van der Waals surface area contributed by atoms with E-state index in [0.717, 1.165) is 31.4 Å². The number of anilines is 1. The van der Waals surface area contributed by atoms with Crippen LogP contribution in [-0.4, -0.2) is 48.0 Å². The maximum Gasteiger partial charge on any atom is 0.256 e. The van der Waals surface area contributed by atoms with Crippen LogP contribution in [0.15, 0.2) is 30.5 Å². The molecule has 0 saturated carbocycles. The number of hydrogen-bond acceptors (Lipinski definition) is 4. The fraction of sp³-hybridized carbons (Fsp3) is 0.450. The van der Waals surface area contributed by atoms with Gasteiger partial charge in [-0.15, -0.1) is 0 Å². The Morgan fingerprint density at radius 1 is 1.27 bits per heavy atom. The SMILES string of the molecule is CN(C)c1ncc2c(n1)C1(CCCN(C(=O)c3ccccc3F)C1)CC2. The zero-order chi connectivity index (χ0) is 18.3. The molecule has 0 N–H and O–H groups in total. The minimum atomic E-state index is -0.457. The number of rotatable bonds is 2. The summed E-state index contributed by atoms with van der Waals surface area (Å²) in [6, 6.07) is 6.22. The summed E-state index contributed by atoms with van der Waals surface area (Å²) in [7, 11) is 3.86. The molecule has 6 heteroatoms. The quantitative estimate of drug-likeness (QED) is 0.832. The second-order valence-electron chi connectivity index (χ2n) is 7.53. The van der Waals surface area contributed by atoms with E-state index in [9.17, 15) is 9.18 Å². The standard InChI is InChI=1S/C20H23FN4O/c1-24(2)19-22-12-14-8-10-20(17(14)23-19)9-5-11-25(13-20)18(26)15-6-3-4-7-16(15)21/h3-4,6-7,12H,5,8-11,13H2,1-2H3. The van der Waals surface area contributed by atoms with E-state index in [0.29, 0.717) is 19.0 Å². The maximum atomic E-state index is 14.1. The molecular weight excluding hydrogens is 331 g/mol. The summed E-state index contributed by atoms with van der Waals surface area (Å²) >= 11 is 0. The van der Waals surface area contributed by atoms with Gasteiger partial charge in [-0.1, -0.05) is 12.1 Å². The Kier molecular flexibility index (Phi) is 4.13. The Hall–Kier alpha value is -2.50. The molecule has 4 rings (SSSR count). The third-order valence-electron chi connectivity index (χ3n) is 5.60. The molecule has 136 valence electrons.